The first-order valence-corrected chi connectivity index (χ1v) is 6.25. The second-order valence-electron chi connectivity index (χ2n) is 3.73. The van der Waals surface area contributed by atoms with Gasteiger partial charge in [-0.25, -0.2) is 4.39 Å². The summed E-state index contributed by atoms with van der Waals surface area (Å²) < 4.78 is 14.2. The smallest absolute Gasteiger partial charge is 0.303 e. The quantitative estimate of drug-likeness (QED) is 0.761. The summed E-state index contributed by atoms with van der Waals surface area (Å²) in [5.41, 5.74) is 0.658. The van der Waals surface area contributed by atoms with Crippen LogP contribution in [-0.2, 0) is 11.2 Å². The molecule has 0 unspecified atom stereocenters. The van der Waals surface area contributed by atoms with Crippen molar-refractivity contribution >= 4 is 21.9 Å². The second-order valence-corrected chi connectivity index (χ2v) is 4.65. The average Bonchev–Trinajstić information content (AvgIpc) is 2.27. The molecule has 0 heterocycles. The van der Waals surface area contributed by atoms with Crippen molar-refractivity contribution in [2.75, 3.05) is 13.1 Å². The van der Waals surface area contributed by atoms with E-state index in [1.165, 1.54) is 6.07 Å². The van der Waals surface area contributed by atoms with Crippen molar-refractivity contribution in [1.82, 2.24) is 5.32 Å². The van der Waals surface area contributed by atoms with Crippen LogP contribution in [0.5, 0.6) is 0 Å². The number of carbonyl (C=O) groups is 1. The number of nitrogens with one attached hydrogen (secondary N) is 1. The van der Waals surface area contributed by atoms with Crippen LogP contribution in [0.2, 0.25) is 0 Å². The van der Waals surface area contributed by atoms with Crippen LogP contribution in [0.3, 0.4) is 0 Å². The van der Waals surface area contributed by atoms with Gasteiger partial charge in [0.1, 0.15) is 5.82 Å². The number of hydrogen-bond donors (Lipinski definition) is 2. The van der Waals surface area contributed by atoms with Gasteiger partial charge >= 0.3 is 5.97 Å². The zero-order valence-electron chi connectivity index (χ0n) is 9.38. The Hall–Kier alpha value is -0.940. The Morgan fingerprint density at radius 2 is 2.18 bits per heavy atom. The third-order valence-electron chi connectivity index (χ3n) is 2.32. The SMILES string of the molecule is O=C(O)CCCNCCc1cc(Br)ccc1F. The minimum Gasteiger partial charge on any atom is -0.481 e. The molecule has 0 fully saturated rings. The van der Waals surface area contributed by atoms with Gasteiger partial charge in [0, 0.05) is 10.9 Å². The molecule has 0 aliphatic carbocycles. The van der Waals surface area contributed by atoms with Gasteiger partial charge in [0.2, 0.25) is 0 Å². The fraction of sp³-hybridized carbons (Fsp3) is 0.417. The number of carboxylic acid groups (broad SMARTS) is 1. The highest BCUT2D eigenvalue weighted by Crippen LogP contribution is 2.15. The van der Waals surface area contributed by atoms with Gasteiger partial charge in [-0.2, -0.15) is 0 Å². The first-order chi connectivity index (χ1) is 8.09. The molecule has 3 nitrogen and oxygen atoms in total. The van der Waals surface area contributed by atoms with Crippen LogP contribution < -0.4 is 5.32 Å². The molecule has 0 atom stereocenters. The molecule has 0 spiro atoms. The Morgan fingerprint density at radius 3 is 2.88 bits per heavy atom. The summed E-state index contributed by atoms with van der Waals surface area (Å²) in [5, 5.41) is 11.5. The Bertz CT molecular complexity index is 385. The van der Waals surface area contributed by atoms with Gasteiger partial charge in [0.25, 0.3) is 0 Å². The first kappa shape index (κ1) is 14.1. The summed E-state index contributed by atoms with van der Waals surface area (Å²) in [5.74, 6) is -0.995. The molecule has 17 heavy (non-hydrogen) atoms. The average molecular weight is 304 g/mol. The molecule has 0 aliphatic heterocycles. The lowest BCUT2D eigenvalue weighted by atomic mass is 10.1. The molecular weight excluding hydrogens is 289 g/mol. The number of halogens is 2. The molecule has 0 amide bonds. The lowest BCUT2D eigenvalue weighted by Gasteiger charge is -2.05. The van der Waals surface area contributed by atoms with Gasteiger partial charge in [-0.05, 0) is 49.7 Å². The zero-order chi connectivity index (χ0) is 12.7. The van der Waals surface area contributed by atoms with E-state index in [9.17, 15) is 9.18 Å². The van der Waals surface area contributed by atoms with Crippen molar-refractivity contribution in [2.45, 2.75) is 19.3 Å². The second kappa shape index (κ2) is 7.40. The largest absolute Gasteiger partial charge is 0.481 e. The predicted molar refractivity (Wildman–Crippen MR) is 67.5 cm³/mol. The number of benzene rings is 1. The molecule has 5 heteroatoms. The highest BCUT2D eigenvalue weighted by Gasteiger charge is 2.02. The highest BCUT2D eigenvalue weighted by molar-refractivity contribution is 9.10. The Kier molecular flexibility index (Phi) is 6.15. The van der Waals surface area contributed by atoms with Gasteiger partial charge in [-0.3, -0.25) is 4.79 Å². The van der Waals surface area contributed by atoms with E-state index in [2.05, 4.69) is 21.2 Å². The van der Waals surface area contributed by atoms with E-state index >= 15 is 0 Å². The van der Waals surface area contributed by atoms with E-state index in [1.54, 1.807) is 12.1 Å². The molecule has 1 rings (SSSR count). The molecule has 0 aromatic heterocycles. The summed E-state index contributed by atoms with van der Waals surface area (Å²) in [6.45, 7) is 1.29. The predicted octanol–water partition coefficient (Wildman–Crippen LogP) is 2.59. The summed E-state index contributed by atoms with van der Waals surface area (Å²) >= 11 is 3.29. The van der Waals surface area contributed by atoms with Crippen LogP contribution in [0.1, 0.15) is 18.4 Å². The molecule has 0 saturated heterocycles. The maximum Gasteiger partial charge on any atom is 0.303 e. The lowest BCUT2D eigenvalue weighted by Crippen LogP contribution is -2.19. The maximum absolute atomic E-state index is 13.3. The molecule has 2 N–H and O–H groups in total. The third kappa shape index (κ3) is 5.79. The van der Waals surface area contributed by atoms with Crippen molar-refractivity contribution in [3.8, 4) is 0 Å². The summed E-state index contributed by atoms with van der Waals surface area (Å²) in [6.07, 6.45) is 1.35. The zero-order valence-corrected chi connectivity index (χ0v) is 11.0. The molecule has 0 radical (unpaired) electrons. The van der Waals surface area contributed by atoms with Gasteiger partial charge in [0.05, 0.1) is 0 Å². The molecule has 1 aromatic carbocycles. The molecular formula is C12H15BrFNO2. The van der Waals surface area contributed by atoms with Crippen molar-refractivity contribution < 1.29 is 14.3 Å². The normalized spacial score (nSPS) is 10.5. The molecule has 0 aliphatic rings. The number of rotatable bonds is 7. The minimum absolute atomic E-state index is 0.165. The van der Waals surface area contributed by atoms with Crippen LogP contribution in [0.4, 0.5) is 4.39 Å². The van der Waals surface area contributed by atoms with Gasteiger partial charge in [0.15, 0.2) is 0 Å². The van der Waals surface area contributed by atoms with E-state index < -0.39 is 5.97 Å². The lowest BCUT2D eigenvalue weighted by molar-refractivity contribution is -0.137. The highest BCUT2D eigenvalue weighted by atomic mass is 79.9. The summed E-state index contributed by atoms with van der Waals surface area (Å²) in [6, 6.07) is 4.86. The maximum atomic E-state index is 13.3. The van der Waals surface area contributed by atoms with Crippen molar-refractivity contribution in [2.24, 2.45) is 0 Å². The summed E-state index contributed by atoms with van der Waals surface area (Å²) in [4.78, 5) is 10.3. The molecule has 0 saturated carbocycles. The standard InChI is InChI=1S/C12H15BrFNO2/c13-10-3-4-11(14)9(8-10)5-7-15-6-1-2-12(16)17/h3-4,8,15H,1-2,5-7H2,(H,16,17). The van der Waals surface area contributed by atoms with Crippen LogP contribution in [0.15, 0.2) is 22.7 Å². The van der Waals surface area contributed by atoms with Crippen molar-refractivity contribution in [1.29, 1.82) is 0 Å². The van der Waals surface area contributed by atoms with E-state index in [0.29, 0.717) is 31.5 Å². The van der Waals surface area contributed by atoms with Crippen LogP contribution in [0.25, 0.3) is 0 Å². The van der Waals surface area contributed by atoms with Gasteiger partial charge < -0.3 is 10.4 Å². The molecule has 0 bridgehead atoms. The Labute approximate surface area is 108 Å². The van der Waals surface area contributed by atoms with Gasteiger partial charge in [-0.15, -0.1) is 0 Å². The van der Waals surface area contributed by atoms with E-state index in [-0.39, 0.29) is 12.2 Å². The Balaban J connectivity index is 2.22. The van der Waals surface area contributed by atoms with Crippen LogP contribution in [0, 0.1) is 5.82 Å². The topological polar surface area (TPSA) is 49.3 Å². The Morgan fingerprint density at radius 1 is 1.41 bits per heavy atom. The van der Waals surface area contributed by atoms with Crippen LogP contribution in [-0.4, -0.2) is 24.2 Å². The fourth-order valence-corrected chi connectivity index (χ4v) is 1.86. The van der Waals surface area contributed by atoms with Gasteiger partial charge in [-0.1, -0.05) is 15.9 Å². The van der Waals surface area contributed by atoms with Crippen molar-refractivity contribution in [3.05, 3.63) is 34.1 Å². The minimum atomic E-state index is -0.787. The fourth-order valence-electron chi connectivity index (χ4n) is 1.45. The van der Waals surface area contributed by atoms with E-state index in [1.807, 2.05) is 0 Å². The first-order valence-electron chi connectivity index (χ1n) is 5.46. The number of aliphatic carboxylic acids is 1. The van der Waals surface area contributed by atoms with E-state index in [4.69, 9.17) is 5.11 Å². The van der Waals surface area contributed by atoms with E-state index in [0.717, 1.165) is 4.47 Å². The monoisotopic (exact) mass is 303 g/mol. The number of hydrogen-bond acceptors (Lipinski definition) is 2. The third-order valence-corrected chi connectivity index (χ3v) is 2.82. The van der Waals surface area contributed by atoms with Crippen molar-refractivity contribution in [3.63, 3.8) is 0 Å². The summed E-state index contributed by atoms with van der Waals surface area (Å²) in [7, 11) is 0. The van der Waals surface area contributed by atoms with Crippen LogP contribution >= 0.6 is 15.9 Å². The number of carboxylic acids is 1. The molecule has 1 aromatic rings. The molecule has 94 valence electrons.